The van der Waals surface area contributed by atoms with E-state index in [-0.39, 0.29) is 6.17 Å². The van der Waals surface area contributed by atoms with Crippen LogP contribution in [0.15, 0.2) is 41.5 Å². The fourth-order valence-electron chi connectivity index (χ4n) is 4.47. The lowest BCUT2D eigenvalue weighted by atomic mass is 10.1. The molecule has 2 N–H and O–H groups in total. The molecule has 0 radical (unpaired) electrons. The van der Waals surface area contributed by atoms with Crippen LogP contribution in [0, 0.1) is 6.92 Å². The molecule has 146 valence electrons. The largest absolute Gasteiger partial charge is 0.339 e. The zero-order valence-electron chi connectivity index (χ0n) is 16.7. The van der Waals surface area contributed by atoms with Gasteiger partial charge in [-0.2, -0.15) is 5.10 Å². The second-order valence-corrected chi connectivity index (χ2v) is 7.97. The molecule has 5 rings (SSSR count). The van der Waals surface area contributed by atoms with Gasteiger partial charge < -0.3 is 14.8 Å². The third-order valence-electron chi connectivity index (χ3n) is 5.92. The van der Waals surface area contributed by atoms with Crippen LogP contribution in [0.2, 0.25) is 0 Å². The minimum absolute atomic E-state index is 0.191. The summed E-state index contributed by atoms with van der Waals surface area (Å²) >= 11 is 0. The smallest absolute Gasteiger partial charge is 0.154 e. The summed E-state index contributed by atoms with van der Waals surface area (Å²) in [5.41, 5.74) is 9.72. The minimum atomic E-state index is 0.191. The highest BCUT2D eigenvalue weighted by Crippen LogP contribution is 2.33. The van der Waals surface area contributed by atoms with Gasteiger partial charge in [0.1, 0.15) is 6.17 Å². The molecule has 1 unspecified atom stereocenters. The Labute approximate surface area is 166 Å². The predicted octanol–water partition coefficient (Wildman–Crippen LogP) is 2.35. The predicted molar refractivity (Wildman–Crippen MR) is 114 cm³/mol. The Morgan fingerprint density at radius 1 is 1.07 bits per heavy atom. The van der Waals surface area contributed by atoms with Crippen molar-refractivity contribution in [1.82, 2.24) is 20.2 Å². The van der Waals surface area contributed by atoms with Crippen LogP contribution in [0.5, 0.6) is 0 Å². The molecule has 3 aliphatic rings. The molecule has 0 aliphatic carbocycles. The first-order chi connectivity index (χ1) is 13.7. The molecule has 3 aliphatic heterocycles. The van der Waals surface area contributed by atoms with E-state index in [4.69, 9.17) is 0 Å². The Kier molecular flexibility index (Phi) is 4.45. The maximum atomic E-state index is 4.41. The summed E-state index contributed by atoms with van der Waals surface area (Å²) in [4.78, 5) is 4.81. The van der Waals surface area contributed by atoms with Crippen molar-refractivity contribution in [1.29, 1.82) is 0 Å². The van der Waals surface area contributed by atoms with Gasteiger partial charge in [0, 0.05) is 45.0 Å². The molecule has 0 amide bonds. The summed E-state index contributed by atoms with van der Waals surface area (Å²) in [6.07, 6.45) is 4.49. The van der Waals surface area contributed by atoms with Crippen LogP contribution in [-0.2, 0) is 13.1 Å². The lowest BCUT2D eigenvalue weighted by molar-refractivity contribution is 0.233. The fraction of sp³-hybridized carbons (Fsp3) is 0.409. The van der Waals surface area contributed by atoms with Crippen molar-refractivity contribution in [3.63, 3.8) is 0 Å². The van der Waals surface area contributed by atoms with E-state index in [0.29, 0.717) is 0 Å². The molecule has 1 aromatic carbocycles. The van der Waals surface area contributed by atoms with Crippen LogP contribution in [0.4, 0.5) is 5.69 Å². The van der Waals surface area contributed by atoms with Gasteiger partial charge in [0.25, 0.3) is 0 Å². The third kappa shape index (κ3) is 3.12. The number of hydrazone groups is 1. The molecule has 28 heavy (non-hydrogen) atoms. The standard InChI is InChI=1S/C22H28N6/c1-16-12-21-20(6-7-22-25-24-17(2)28(21)22)27(16)15-19-5-3-4-18(13-19)14-26-10-8-23-9-11-26/h3-7,12-13,17,23-24H,8-11,14-15H2,1-2H3. The number of nitrogens with zero attached hydrogens (tertiary/aromatic N) is 4. The van der Waals surface area contributed by atoms with Crippen molar-refractivity contribution in [3.8, 4) is 0 Å². The topological polar surface area (TPSA) is 47.8 Å². The number of hydrogen-bond acceptors (Lipinski definition) is 5. The average Bonchev–Trinajstić information content (AvgIpc) is 3.23. The maximum absolute atomic E-state index is 4.41. The molecule has 6 heteroatoms. The Hall–Kier alpha value is -2.57. The number of aromatic nitrogens is 1. The summed E-state index contributed by atoms with van der Waals surface area (Å²) in [7, 11) is 0. The molecule has 0 spiro atoms. The normalized spacial score (nSPS) is 21.3. The summed E-state index contributed by atoms with van der Waals surface area (Å²) in [6.45, 7) is 10.7. The van der Waals surface area contributed by atoms with Crippen LogP contribution in [0.1, 0.15) is 29.4 Å². The maximum Gasteiger partial charge on any atom is 0.154 e. The molecule has 0 saturated carbocycles. The van der Waals surface area contributed by atoms with Crippen molar-refractivity contribution < 1.29 is 0 Å². The Bertz CT molecular complexity index is 934. The first-order valence-corrected chi connectivity index (χ1v) is 10.2. The van der Waals surface area contributed by atoms with E-state index >= 15 is 0 Å². The van der Waals surface area contributed by atoms with Crippen molar-refractivity contribution in [3.05, 3.63) is 58.9 Å². The zero-order valence-corrected chi connectivity index (χ0v) is 16.7. The van der Waals surface area contributed by atoms with Gasteiger partial charge in [-0.3, -0.25) is 10.3 Å². The van der Waals surface area contributed by atoms with E-state index in [1.807, 2.05) is 0 Å². The quantitative estimate of drug-likeness (QED) is 0.860. The molecular weight excluding hydrogens is 348 g/mol. The number of fused-ring (bicyclic) bond motifs is 3. The lowest BCUT2D eigenvalue weighted by Gasteiger charge is -2.27. The summed E-state index contributed by atoms with van der Waals surface area (Å²) in [6, 6.07) is 11.3. The third-order valence-corrected chi connectivity index (χ3v) is 5.92. The van der Waals surface area contributed by atoms with Crippen LogP contribution in [0.3, 0.4) is 0 Å². The molecule has 6 nitrogen and oxygen atoms in total. The number of nitrogens with one attached hydrogen (secondary N) is 2. The first-order valence-electron chi connectivity index (χ1n) is 10.2. The van der Waals surface area contributed by atoms with Gasteiger partial charge in [0.05, 0.1) is 11.4 Å². The number of rotatable bonds is 4. The van der Waals surface area contributed by atoms with Gasteiger partial charge in [-0.05, 0) is 43.2 Å². The van der Waals surface area contributed by atoms with Gasteiger partial charge in [-0.15, -0.1) is 0 Å². The Balaban J connectivity index is 1.39. The second kappa shape index (κ2) is 7.11. The Morgan fingerprint density at radius 2 is 1.86 bits per heavy atom. The number of anilines is 1. The first kappa shape index (κ1) is 17.5. The molecule has 1 saturated heterocycles. The molecule has 2 aromatic rings. The second-order valence-electron chi connectivity index (χ2n) is 7.97. The summed E-state index contributed by atoms with van der Waals surface area (Å²) < 4.78 is 2.41. The van der Waals surface area contributed by atoms with E-state index in [0.717, 1.165) is 45.1 Å². The molecular formula is C22H28N6. The molecule has 1 fully saturated rings. The Morgan fingerprint density at radius 3 is 2.68 bits per heavy atom. The lowest BCUT2D eigenvalue weighted by Crippen LogP contribution is -2.42. The molecule has 1 atom stereocenters. The van der Waals surface area contributed by atoms with Gasteiger partial charge >= 0.3 is 0 Å². The van der Waals surface area contributed by atoms with Crippen LogP contribution < -0.4 is 15.6 Å². The monoisotopic (exact) mass is 376 g/mol. The average molecular weight is 377 g/mol. The zero-order chi connectivity index (χ0) is 19.1. The SMILES string of the molecule is Cc1cc2c(n1Cc1cccc(CN3CCNCC3)c1)C=CC1=NNC(C)N12. The van der Waals surface area contributed by atoms with Crippen LogP contribution >= 0.6 is 0 Å². The number of amidine groups is 1. The van der Waals surface area contributed by atoms with Crippen molar-refractivity contribution in [2.45, 2.75) is 33.1 Å². The van der Waals surface area contributed by atoms with Gasteiger partial charge in [0.2, 0.25) is 0 Å². The number of piperazine rings is 1. The van der Waals surface area contributed by atoms with Gasteiger partial charge in [0.15, 0.2) is 5.84 Å². The van der Waals surface area contributed by atoms with E-state index in [1.54, 1.807) is 0 Å². The van der Waals surface area contributed by atoms with E-state index in [9.17, 15) is 0 Å². The molecule has 4 heterocycles. The number of benzene rings is 1. The van der Waals surface area contributed by atoms with E-state index in [2.05, 4.69) is 86.5 Å². The van der Waals surface area contributed by atoms with Crippen molar-refractivity contribution >= 4 is 17.6 Å². The van der Waals surface area contributed by atoms with E-state index < -0.39 is 0 Å². The highest BCUT2D eigenvalue weighted by Gasteiger charge is 2.30. The van der Waals surface area contributed by atoms with Crippen LogP contribution in [-0.4, -0.2) is 47.6 Å². The molecule has 0 bridgehead atoms. The molecule has 1 aromatic heterocycles. The highest BCUT2D eigenvalue weighted by atomic mass is 15.5. The number of hydrogen-bond donors (Lipinski definition) is 2. The summed E-state index contributed by atoms with van der Waals surface area (Å²) in [5, 5.41) is 7.84. The van der Waals surface area contributed by atoms with Crippen molar-refractivity contribution in [2.75, 3.05) is 31.1 Å². The highest BCUT2D eigenvalue weighted by molar-refractivity contribution is 6.13. The minimum Gasteiger partial charge on any atom is -0.339 e. The summed E-state index contributed by atoms with van der Waals surface area (Å²) in [5.74, 6) is 0.996. The van der Waals surface area contributed by atoms with E-state index in [1.165, 1.54) is 28.2 Å². The fourth-order valence-corrected chi connectivity index (χ4v) is 4.47. The number of aryl methyl sites for hydroxylation is 1. The van der Waals surface area contributed by atoms with Crippen molar-refractivity contribution in [2.24, 2.45) is 5.10 Å². The van der Waals surface area contributed by atoms with Gasteiger partial charge in [-0.1, -0.05) is 24.3 Å². The van der Waals surface area contributed by atoms with Crippen LogP contribution in [0.25, 0.3) is 6.08 Å². The van der Waals surface area contributed by atoms with Gasteiger partial charge in [-0.25, -0.2) is 0 Å².